The summed E-state index contributed by atoms with van der Waals surface area (Å²) in [5.41, 5.74) is 4.51. The summed E-state index contributed by atoms with van der Waals surface area (Å²) in [6.45, 7) is 4.84. The van der Waals surface area contributed by atoms with Crippen LogP contribution in [0.1, 0.15) is 27.3 Å². The van der Waals surface area contributed by atoms with E-state index in [2.05, 4.69) is 5.32 Å². The highest BCUT2D eigenvalue weighted by atomic mass is 19.1. The second kappa shape index (κ2) is 8.85. The van der Waals surface area contributed by atoms with E-state index in [0.717, 1.165) is 34.8 Å². The number of hydrogen-bond donors (Lipinski definition) is 1. The third-order valence-electron chi connectivity index (χ3n) is 4.83. The van der Waals surface area contributed by atoms with Crippen molar-refractivity contribution in [1.82, 2.24) is 9.88 Å². The third kappa shape index (κ3) is 4.49. The first-order valence-electron chi connectivity index (χ1n) is 9.31. The standard InChI is InChI=1S/C23H25FN2O2/c1-16-13-22(17(2)26(16)20-9-7-19(24)8-10-20)23(27)15-25-12-11-18-5-4-6-21(14-18)28-3/h4-10,13-14,25H,11-12,15H2,1-3H3. The van der Waals surface area contributed by atoms with Crippen molar-refractivity contribution < 1.29 is 13.9 Å². The van der Waals surface area contributed by atoms with Crippen molar-refractivity contribution >= 4 is 5.78 Å². The first-order chi connectivity index (χ1) is 13.5. The van der Waals surface area contributed by atoms with Crippen molar-refractivity contribution in [3.8, 4) is 11.4 Å². The van der Waals surface area contributed by atoms with Gasteiger partial charge < -0.3 is 14.6 Å². The lowest BCUT2D eigenvalue weighted by atomic mass is 10.1. The number of nitrogens with one attached hydrogen (secondary N) is 1. The number of carbonyl (C=O) groups is 1. The Hall–Kier alpha value is -2.92. The molecule has 4 nitrogen and oxygen atoms in total. The predicted octanol–water partition coefficient (Wildman–Crippen LogP) is 4.26. The van der Waals surface area contributed by atoms with E-state index >= 15 is 0 Å². The molecule has 1 aromatic heterocycles. The van der Waals surface area contributed by atoms with Gasteiger partial charge in [0.15, 0.2) is 5.78 Å². The van der Waals surface area contributed by atoms with Gasteiger partial charge in [0.05, 0.1) is 13.7 Å². The van der Waals surface area contributed by atoms with E-state index in [4.69, 9.17) is 4.74 Å². The first kappa shape index (κ1) is 19.8. The molecule has 0 atom stereocenters. The molecule has 0 aliphatic heterocycles. The lowest BCUT2D eigenvalue weighted by Gasteiger charge is -2.10. The molecule has 0 spiro atoms. The predicted molar refractivity (Wildman–Crippen MR) is 109 cm³/mol. The zero-order valence-corrected chi connectivity index (χ0v) is 16.5. The van der Waals surface area contributed by atoms with Crippen molar-refractivity contribution in [2.24, 2.45) is 0 Å². The Morgan fingerprint density at radius 2 is 1.86 bits per heavy atom. The lowest BCUT2D eigenvalue weighted by Crippen LogP contribution is -2.25. The second-order valence-electron chi connectivity index (χ2n) is 6.80. The minimum atomic E-state index is -0.275. The van der Waals surface area contributed by atoms with Crippen LogP contribution in [0.3, 0.4) is 0 Å². The second-order valence-corrected chi connectivity index (χ2v) is 6.80. The van der Waals surface area contributed by atoms with E-state index in [1.165, 1.54) is 12.1 Å². The molecule has 146 valence electrons. The number of nitrogens with zero attached hydrogens (tertiary/aromatic N) is 1. The maximum absolute atomic E-state index is 13.2. The molecule has 0 saturated carbocycles. The summed E-state index contributed by atoms with van der Waals surface area (Å²) in [6.07, 6.45) is 0.819. The van der Waals surface area contributed by atoms with Crippen molar-refractivity contribution in [3.05, 3.63) is 82.9 Å². The Balaban J connectivity index is 1.61. The molecule has 3 rings (SSSR count). The highest BCUT2D eigenvalue weighted by molar-refractivity contribution is 5.99. The normalized spacial score (nSPS) is 10.9. The fourth-order valence-electron chi connectivity index (χ4n) is 3.39. The van der Waals surface area contributed by atoms with Crippen LogP contribution in [0.4, 0.5) is 4.39 Å². The average molecular weight is 380 g/mol. The molecule has 0 amide bonds. The quantitative estimate of drug-likeness (QED) is 0.469. The van der Waals surface area contributed by atoms with E-state index in [9.17, 15) is 9.18 Å². The number of Topliss-reactive ketones (excluding diaryl/α,β-unsaturated/α-hetero) is 1. The minimum absolute atomic E-state index is 0.0482. The number of hydrogen-bond acceptors (Lipinski definition) is 3. The Morgan fingerprint density at radius 1 is 1.11 bits per heavy atom. The van der Waals surface area contributed by atoms with Crippen molar-refractivity contribution in [2.75, 3.05) is 20.2 Å². The van der Waals surface area contributed by atoms with E-state index in [1.54, 1.807) is 19.2 Å². The maximum Gasteiger partial charge on any atom is 0.178 e. The third-order valence-corrected chi connectivity index (χ3v) is 4.83. The van der Waals surface area contributed by atoms with Crippen LogP contribution in [0, 0.1) is 19.7 Å². The fourth-order valence-corrected chi connectivity index (χ4v) is 3.39. The van der Waals surface area contributed by atoms with Crippen LogP contribution in [0.5, 0.6) is 5.75 Å². The molecule has 1 N–H and O–H groups in total. The molecule has 3 aromatic rings. The molecular weight excluding hydrogens is 355 g/mol. The van der Waals surface area contributed by atoms with Crippen LogP contribution >= 0.6 is 0 Å². The molecule has 0 bridgehead atoms. The molecule has 1 heterocycles. The van der Waals surface area contributed by atoms with Gasteiger partial charge in [-0.25, -0.2) is 4.39 Å². The highest BCUT2D eigenvalue weighted by Gasteiger charge is 2.16. The SMILES string of the molecule is COc1cccc(CCNCC(=O)c2cc(C)n(-c3ccc(F)cc3)c2C)c1. The van der Waals surface area contributed by atoms with Crippen LogP contribution in [-0.2, 0) is 6.42 Å². The minimum Gasteiger partial charge on any atom is -0.497 e. The molecule has 5 heteroatoms. The van der Waals surface area contributed by atoms with Gasteiger partial charge in [0.25, 0.3) is 0 Å². The lowest BCUT2D eigenvalue weighted by molar-refractivity contribution is 0.0991. The Bertz CT molecular complexity index is 961. The van der Waals surface area contributed by atoms with Crippen molar-refractivity contribution in [1.29, 1.82) is 0 Å². The number of ketones is 1. The number of rotatable bonds is 8. The molecule has 0 unspecified atom stereocenters. The first-order valence-corrected chi connectivity index (χ1v) is 9.31. The van der Waals surface area contributed by atoms with Crippen molar-refractivity contribution in [3.63, 3.8) is 0 Å². The van der Waals surface area contributed by atoms with Crippen LogP contribution in [0.2, 0.25) is 0 Å². The van der Waals surface area contributed by atoms with Gasteiger partial charge in [-0.15, -0.1) is 0 Å². The van der Waals surface area contributed by atoms with Gasteiger partial charge in [-0.3, -0.25) is 4.79 Å². The van der Waals surface area contributed by atoms with Crippen LogP contribution in [0.15, 0.2) is 54.6 Å². The van der Waals surface area contributed by atoms with E-state index in [-0.39, 0.29) is 18.1 Å². The van der Waals surface area contributed by atoms with Gasteiger partial charge in [0.1, 0.15) is 11.6 Å². The van der Waals surface area contributed by atoms with Crippen LogP contribution in [0.25, 0.3) is 5.69 Å². The zero-order chi connectivity index (χ0) is 20.1. The summed E-state index contributed by atoms with van der Waals surface area (Å²) in [6, 6.07) is 16.1. The van der Waals surface area contributed by atoms with E-state index in [1.807, 2.05) is 48.7 Å². The van der Waals surface area contributed by atoms with Gasteiger partial charge in [-0.1, -0.05) is 12.1 Å². The number of benzene rings is 2. The summed E-state index contributed by atoms with van der Waals surface area (Å²) in [4.78, 5) is 12.7. The fraction of sp³-hybridized carbons (Fsp3) is 0.261. The molecule has 0 radical (unpaired) electrons. The Kier molecular flexibility index (Phi) is 6.26. The number of methoxy groups -OCH3 is 1. The molecule has 28 heavy (non-hydrogen) atoms. The largest absolute Gasteiger partial charge is 0.497 e. The highest BCUT2D eigenvalue weighted by Crippen LogP contribution is 2.21. The molecule has 0 aliphatic carbocycles. The molecule has 0 aliphatic rings. The number of aromatic nitrogens is 1. The number of halogens is 1. The summed E-state index contributed by atoms with van der Waals surface area (Å²) < 4.78 is 20.4. The van der Waals surface area contributed by atoms with Gasteiger partial charge in [0, 0.05) is 22.6 Å². The summed E-state index contributed by atoms with van der Waals surface area (Å²) in [5.74, 6) is 0.608. The van der Waals surface area contributed by atoms with E-state index < -0.39 is 0 Å². The zero-order valence-electron chi connectivity index (χ0n) is 16.5. The summed E-state index contributed by atoms with van der Waals surface area (Å²) in [7, 11) is 1.65. The summed E-state index contributed by atoms with van der Waals surface area (Å²) >= 11 is 0. The van der Waals surface area contributed by atoms with Gasteiger partial charge in [-0.05, 0) is 74.8 Å². The summed E-state index contributed by atoms with van der Waals surface area (Å²) in [5, 5.41) is 3.22. The Morgan fingerprint density at radius 3 is 2.57 bits per heavy atom. The topological polar surface area (TPSA) is 43.3 Å². The van der Waals surface area contributed by atoms with Crippen LogP contribution in [-0.4, -0.2) is 30.5 Å². The van der Waals surface area contributed by atoms with Crippen LogP contribution < -0.4 is 10.1 Å². The molecule has 0 fully saturated rings. The van der Waals surface area contributed by atoms with Gasteiger partial charge in [0.2, 0.25) is 0 Å². The van der Waals surface area contributed by atoms with Crippen molar-refractivity contribution in [2.45, 2.75) is 20.3 Å². The van der Waals surface area contributed by atoms with Gasteiger partial charge >= 0.3 is 0 Å². The molecule has 0 saturated heterocycles. The molecule has 2 aromatic carbocycles. The average Bonchev–Trinajstić information content (AvgIpc) is 3.00. The Labute approximate surface area is 165 Å². The monoisotopic (exact) mass is 380 g/mol. The number of carbonyl (C=O) groups excluding carboxylic acids is 1. The number of ether oxygens (including phenoxy) is 1. The van der Waals surface area contributed by atoms with Gasteiger partial charge in [-0.2, -0.15) is 0 Å². The molecular formula is C23H25FN2O2. The number of aryl methyl sites for hydroxylation is 1. The van der Waals surface area contributed by atoms with E-state index in [0.29, 0.717) is 12.1 Å². The maximum atomic E-state index is 13.2. The smallest absolute Gasteiger partial charge is 0.178 e.